The van der Waals surface area contributed by atoms with Gasteiger partial charge in [0.15, 0.2) is 18.0 Å². The van der Waals surface area contributed by atoms with E-state index >= 15 is 0 Å². The van der Waals surface area contributed by atoms with Gasteiger partial charge in [-0.25, -0.2) is 14.5 Å². The van der Waals surface area contributed by atoms with Gasteiger partial charge in [-0.05, 0) is 56.3 Å². The molecule has 3 heterocycles. The molecule has 0 aliphatic heterocycles. The lowest BCUT2D eigenvalue weighted by atomic mass is 10.1. The second-order valence-electron chi connectivity index (χ2n) is 7.09. The molecule has 0 amide bonds. The minimum absolute atomic E-state index is 0.279. The quantitative estimate of drug-likeness (QED) is 0.431. The van der Waals surface area contributed by atoms with Crippen molar-refractivity contribution in [3.05, 3.63) is 70.4 Å². The third-order valence-electron chi connectivity index (χ3n) is 5.03. The molecule has 0 aliphatic rings. The summed E-state index contributed by atoms with van der Waals surface area (Å²) in [5.74, 6) is 0.531. The van der Waals surface area contributed by atoms with Gasteiger partial charge in [0.1, 0.15) is 11.4 Å². The van der Waals surface area contributed by atoms with E-state index in [0.29, 0.717) is 28.3 Å². The van der Waals surface area contributed by atoms with Crippen molar-refractivity contribution in [2.45, 2.75) is 13.8 Å². The summed E-state index contributed by atoms with van der Waals surface area (Å²) in [5.41, 5.74) is 3.16. The first-order valence-electron chi connectivity index (χ1n) is 9.86. The molecule has 0 saturated carbocycles. The molecule has 9 nitrogen and oxygen atoms in total. The minimum Gasteiger partial charge on any atom is -0.497 e. The zero-order valence-electron chi connectivity index (χ0n) is 18.2. The molecule has 1 aromatic carbocycles. The number of benzene rings is 1. The fourth-order valence-corrected chi connectivity index (χ4v) is 3.43. The third-order valence-corrected chi connectivity index (χ3v) is 5.03. The van der Waals surface area contributed by atoms with E-state index in [1.807, 2.05) is 37.3 Å². The van der Waals surface area contributed by atoms with Crippen LogP contribution < -0.4 is 15.0 Å². The predicted octanol–water partition coefficient (Wildman–Crippen LogP) is 2.72. The van der Waals surface area contributed by atoms with Crippen molar-refractivity contribution >= 4 is 11.6 Å². The second kappa shape index (κ2) is 8.54. The van der Waals surface area contributed by atoms with Crippen LogP contribution >= 0.6 is 0 Å². The summed E-state index contributed by atoms with van der Waals surface area (Å²) in [6.45, 7) is 3.38. The van der Waals surface area contributed by atoms with Crippen molar-refractivity contribution in [1.82, 2.24) is 19.2 Å². The highest BCUT2D eigenvalue weighted by atomic mass is 16.6. The molecule has 3 aromatic heterocycles. The molecule has 9 heteroatoms. The molecule has 0 atom stereocenters. The van der Waals surface area contributed by atoms with Gasteiger partial charge in [-0.1, -0.05) is 0 Å². The molecule has 0 N–H and O–H groups in total. The summed E-state index contributed by atoms with van der Waals surface area (Å²) in [6, 6.07) is 12.6. The Balaban J connectivity index is 1.78. The summed E-state index contributed by atoms with van der Waals surface area (Å²) < 4.78 is 18.5. The molecule has 0 radical (unpaired) electrons. The van der Waals surface area contributed by atoms with Crippen LogP contribution in [0.15, 0.2) is 53.5 Å². The fourth-order valence-electron chi connectivity index (χ4n) is 3.43. The maximum atomic E-state index is 13.3. The summed E-state index contributed by atoms with van der Waals surface area (Å²) in [5, 5.41) is 4.66. The number of carbonyl (C=O) groups excluding carboxylic acids is 1. The van der Waals surface area contributed by atoms with Gasteiger partial charge in [-0.15, -0.1) is 0 Å². The Bertz CT molecular complexity index is 1360. The molecular formula is C23H22N4O5. The van der Waals surface area contributed by atoms with Gasteiger partial charge < -0.3 is 14.2 Å². The van der Waals surface area contributed by atoms with Crippen LogP contribution in [-0.4, -0.2) is 46.0 Å². The normalized spacial score (nSPS) is 10.9. The van der Waals surface area contributed by atoms with Crippen LogP contribution in [0.2, 0.25) is 0 Å². The monoisotopic (exact) mass is 434 g/mol. The Morgan fingerprint density at radius 1 is 1.09 bits per heavy atom. The Hall–Kier alpha value is -4.14. The molecule has 164 valence electrons. The summed E-state index contributed by atoms with van der Waals surface area (Å²) in [4.78, 5) is 29.3. The van der Waals surface area contributed by atoms with E-state index in [-0.39, 0.29) is 12.2 Å². The first-order chi connectivity index (χ1) is 15.4. The average Bonchev–Trinajstić information content (AvgIpc) is 3.18. The lowest BCUT2D eigenvalue weighted by Crippen LogP contribution is -2.20. The predicted molar refractivity (Wildman–Crippen MR) is 118 cm³/mol. The second-order valence-corrected chi connectivity index (χ2v) is 7.09. The fraction of sp³-hybridized carbons (Fsp3) is 0.217. The van der Waals surface area contributed by atoms with Gasteiger partial charge in [0.2, 0.25) is 0 Å². The summed E-state index contributed by atoms with van der Waals surface area (Å²) >= 11 is 0. The smallest absolute Gasteiger partial charge is 0.343 e. The Morgan fingerprint density at radius 3 is 2.53 bits per heavy atom. The van der Waals surface area contributed by atoms with Crippen LogP contribution in [0.25, 0.3) is 22.6 Å². The van der Waals surface area contributed by atoms with Crippen LogP contribution in [0, 0.1) is 13.8 Å². The lowest BCUT2D eigenvalue weighted by molar-refractivity contribution is -0.142. The number of carbonyl (C=O) groups is 1. The number of hydrogen-bond donors (Lipinski definition) is 0. The zero-order valence-corrected chi connectivity index (χ0v) is 18.2. The number of pyridine rings is 1. The van der Waals surface area contributed by atoms with Crippen molar-refractivity contribution in [3.8, 4) is 28.4 Å². The number of rotatable bonds is 6. The van der Waals surface area contributed by atoms with E-state index in [9.17, 15) is 9.59 Å². The van der Waals surface area contributed by atoms with Gasteiger partial charge in [0.05, 0.1) is 31.2 Å². The molecule has 4 aromatic rings. The van der Waals surface area contributed by atoms with Crippen LogP contribution in [0.4, 0.5) is 0 Å². The van der Waals surface area contributed by atoms with E-state index in [4.69, 9.17) is 9.47 Å². The van der Waals surface area contributed by atoms with Gasteiger partial charge in [0, 0.05) is 11.9 Å². The molecule has 4 rings (SSSR count). The van der Waals surface area contributed by atoms with Crippen molar-refractivity contribution in [1.29, 1.82) is 0 Å². The number of nitrogens with zero attached hydrogens (tertiary/aromatic N) is 4. The lowest BCUT2D eigenvalue weighted by Gasteiger charge is -2.11. The largest absolute Gasteiger partial charge is 0.497 e. The first kappa shape index (κ1) is 21.1. The highest BCUT2D eigenvalue weighted by molar-refractivity contribution is 5.71. The van der Waals surface area contributed by atoms with Gasteiger partial charge in [-0.3, -0.25) is 9.20 Å². The summed E-state index contributed by atoms with van der Waals surface area (Å²) in [6.07, 6.45) is 1.60. The van der Waals surface area contributed by atoms with Crippen LogP contribution in [-0.2, 0) is 9.53 Å². The van der Waals surface area contributed by atoms with Crippen LogP contribution in [0.1, 0.15) is 11.4 Å². The highest BCUT2D eigenvalue weighted by Gasteiger charge is 2.18. The van der Waals surface area contributed by atoms with Crippen molar-refractivity contribution in [2.75, 3.05) is 20.8 Å². The van der Waals surface area contributed by atoms with E-state index in [0.717, 1.165) is 17.1 Å². The number of methoxy groups -OCH3 is 2. The minimum atomic E-state index is -0.526. The van der Waals surface area contributed by atoms with Crippen molar-refractivity contribution in [3.63, 3.8) is 0 Å². The number of esters is 1. The molecule has 0 spiro atoms. The van der Waals surface area contributed by atoms with Crippen molar-refractivity contribution in [2.24, 2.45) is 0 Å². The third kappa shape index (κ3) is 3.80. The highest BCUT2D eigenvalue weighted by Crippen LogP contribution is 2.24. The van der Waals surface area contributed by atoms with E-state index in [2.05, 4.69) is 14.8 Å². The molecule has 0 unspecified atom stereocenters. The maximum Gasteiger partial charge on any atom is 0.343 e. The molecule has 32 heavy (non-hydrogen) atoms. The molecule has 0 aliphatic carbocycles. The van der Waals surface area contributed by atoms with E-state index in [1.165, 1.54) is 11.5 Å². The number of aryl methyl sites for hydroxylation is 2. The first-order valence-corrected chi connectivity index (χ1v) is 9.86. The molecular weight excluding hydrogens is 412 g/mol. The Morgan fingerprint density at radius 2 is 1.84 bits per heavy atom. The SMILES string of the molecule is COC(=O)COc1cccn2c(=O)c(-c3cc(C)n(-c4ccc(OC)cc4)n3)c(C)nc12. The average molecular weight is 434 g/mol. The zero-order chi connectivity index (χ0) is 22.8. The number of aromatic nitrogens is 4. The summed E-state index contributed by atoms with van der Waals surface area (Å²) in [7, 11) is 2.89. The van der Waals surface area contributed by atoms with Crippen molar-refractivity contribution < 1.29 is 19.0 Å². The number of ether oxygens (including phenoxy) is 3. The topological polar surface area (TPSA) is 97.0 Å². The van der Waals surface area contributed by atoms with Gasteiger partial charge in [-0.2, -0.15) is 5.10 Å². The van der Waals surface area contributed by atoms with Gasteiger partial charge >= 0.3 is 5.97 Å². The molecule has 0 bridgehead atoms. The Kier molecular flexibility index (Phi) is 5.63. The van der Waals surface area contributed by atoms with E-state index < -0.39 is 5.97 Å². The standard InChI is InChI=1S/C23H22N4O5/c1-14-12-18(25-27(14)16-7-9-17(30-3)10-8-16)21-15(2)24-22-19(32-13-20(28)31-4)6-5-11-26(22)23(21)29/h5-12H,13H2,1-4H3. The van der Waals surface area contributed by atoms with E-state index in [1.54, 1.807) is 37.0 Å². The van der Waals surface area contributed by atoms with Crippen LogP contribution in [0.3, 0.4) is 0 Å². The maximum absolute atomic E-state index is 13.3. The Labute approximate surface area is 183 Å². The van der Waals surface area contributed by atoms with Crippen LogP contribution in [0.5, 0.6) is 11.5 Å². The number of hydrogen-bond acceptors (Lipinski definition) is 7. The molecule has 0 saturated heterocycles. The number of fused-ring (bicyclic) bond motifs is 1. The molecule has 0 fully saturated rings. The van der Waals surface area contributed by atoms with Gasteiger partial charge in [0.25, 0.3) is 5.56 Å².